The minimum absolute atomic E-state index is 0.0202. The van der Waals surface area contributed by atoms with Crippen LogP contribution in [0.4, 0.5) is 5.69 Å². The van der Waals surface area contributed by atoms with E-state index in [-0.39, 0.29) is 28.7 Å². The molecule has 202 valence electrons. The number of amides is 3. The zero-order valence-corrected chi connectivity index (χ0v) is 22.9. The van der Waals surface area contributed by atoms with Gasteiger partial charge in [-0.1, -0.05) is 24.3 Å². The number of nitrogens with one attached hydrogen (secondary N) is 1. The third-order valence-electron chi connectivity index (χ3n) is 5.49. The summed E-state index contributed by atoms with van der Waals surface area (Å²) in [6, 6.07) is 13.1. The Morgan fingerprint density at radius 1 is 1.05 bits per heavy atom. The summed E-state index contributed by atoms with van der Waals surface area (Å²) in [5.74, 6) is -0.504. The normalized spacial score (nSPS) is 11.9. The fourth-order valence-electron chi connectivity index (χ4n) is 3.79. The van der Waals surface area contributed by atoms with Gasteiger partial charge >= 0.3 is 0 Å². The molecule has 5 N–H and O–H groups in total. The molecular formula is C27H33N5O5S. The molecule has 3 amide bonds. The average Bonchev–Trinajstić information content (AvgIpc) is 3.25. The monoisotopic (exact) mass is 539 g/mol. The molecule has 1 aromatic heterocycles. The van der Waals surface area contributed by atoms with Crippen LogP contribution in [0.5, 0.6) is 11.5 Å². The first-order valence-corrected chi connectivity index (χ1v) is 12.8. The summed E-state index contributed by atoms with van der Waals surface area (Å²) >= 11 is 0.765. The van der Waals surface area contributed by atoms with Crippen LogP contribution in [0.1, 0.15) is 65.0 Å². The Morgan fingerprint density at radius 2 is 1.66 bits per heavy atom. The number of benzene rings is 2. The summed E-state index contributed by atoms with van der Waals surface area (Å²) in [5, 5.41) is 2.98. The first kappa shape index (κ1) is 28.5. The van der Waals surface area contributed by atoms with Gasteiger partial charge in [-0.05, 0) is 74.6 Å². The lowest BCUT2D eigenvalue weighted by Crippen LogP contribution is -2.49. The van der Waals surface area contributed by atoms with Crippen molar-refractivity contribution in [2.75, 3.05) is 19.5 Å². The SMILES string of the molecule is CCOc1ccc([C@@H](C(=O)NC(C)(C)C)N(Cc2ccc(OC)cc2)C(=O)c2snc(C(N)=O)c2N)cc1. The zero-order valence-electron chi connectivity index (χ0n) is 22.1. The van der Waals surface area contributed by atoms with Crippen molar-refractivity contribution in [1.82, 2.24) is 14.6 Å². The van der Waals surface area contributed by atoms with Crippen molar-refractivity contribution in [2.24, 2.45) is 5.73 Å². The van der Waals surface area contributed by atoms with Gasteiger partial charge in [0.2, 0.25) is 5.91 Å². The molecule has 0 radical (unpaired) electrons. The molecule has 1 atom stereocenters. The molecule has 0 saturated heterocycles. The number of nitrogens with two attached hydrogens (primary N) is 2. The fraction of sp³-hybridized carbons (Fsp3) is 0.333. The van der Waals surface area contributed by atoms with Gasteiger partial charge in [-0.3, -0.25) is 14.4 Å². The minimum Gasteiger partial charge on any atom is -0.497 e. The van der Waals surface area contributed by atoms with Crippen molar-refractivity contribution in [2.45, 2.75) is 45.8 Å². The van der Waals surface area contributed by atoms with E-state index in [0.717, 1.165) is 17.1 Å². The maximum atomic E-state index is 14.0. The number of hydrogen-bond acceptors (Lipinski definition) is 8. The number of nitrogen functional groups attached to an aromatic ring is 1. The Kier molecular flexibility index (Phi) is 8.95. The van der Waals surface area contributed by atoms with Gasteiger partial charge < -0.3 is 31.2 Å². The van der Waals surface area contributed by atoms with E-state index < -0.39 is 23.4 Å². The molecular weight excluding hydrogens is 506 g/mol. The van der Waals surface area contributed by atoms with Gasteiger partial charge in [-0.15, -0.1) is 0 Å². The van der Waals surface area contributed by atoms with E-state index in [9.17, 15) is 14.4 Å². The molecule has 11 heteroatoms. The number of hydrogen-bond donors (Lipinski definition) is 3. The minimum atomic E-state index is -1.04. The van der Waals surface area contributed by atoms with Crippen molar-refractivity contribution < 1.29 is 23.9 Å². The molecule has 0 aliphatic carbocycles. The summed E-state index contributed by atoms with van der Waals surface area (Å²) in [4.78, 5) is 41.0. The number of methoxy groups -OCH3 is 1. The molecule has 10 nitrogen and oxygen atoms in total. The molecule has 0 spiro atoms. The Labute approximate surface area is 226 Å². The molecule has 1 heterocycles. The summed E-state index contributed by atoms with van der Waals surface area (Å²) in [6.07, 6.45) is 0. The van der Waals surface area contributed by atoms with Crippen LogP contribution in [-0.4, -0.2) is 46.3 Å². The van der Waals surface area contributed by atoms with Gasteiger partial charge in [0.15, 0.2) is 5.69 Å². The van der Waals surface area contributed by atoms with E-state index in [4.69, 9.17) is 20.9 Å². The van der Waals surface area contributed by atoms with Crippen LogP contribution in [0.3, 0.4) is 0 Å². The lowest BCUT2D eigenvalue weighted by Gasteiger charge is -2.33. The third-order valence-corrected chi connectivity index (χ3v) is 6.34. The first-order chi connectivity index (χ1) is 17.9. The highest BCUT2D eigenvalue weighted by molar-refractivity contribution is 7.09. The van der Waals surface area contributed by atoms with Crippen LogP contribution in [0.15, 0.2) is 48.5 Å². The number of anilines is 1. The molecule has 38 heavy (non-hydrogen) atoms. The number of ether oxygens (including phenoxy) is 2. The average molecular weight is 540 g/mol. The number of aromatic nitrogens is 1. The third kappa shape index (κ3) is 6.80. The number of rotatable bonds is 10. The van der Waals surface area contributed by atoms with Crippen LogP contribution >= 0.6 is 11.5 Å². The topological polar surface area (TPSA) is 150 Å². The zero-order chi connectivity index (χ0) is 28.0. The van der Waals surface area contributed by atoms with Crippen molar-refractivity contribution in [3.05, 3.63) is 70.2 Å². The van der Waals surface area contributed by atoms with Gasteiger partial charge in [0.05, 0.1) is 19.4 Å². The lowest BCUT2D eigenvalue weighted by molar-refractivity contribution is -0.127. The fourth-order valence-corrected chi connectivity index (χ4v) is 4.55. The highest BCUT2D eigenvalue weighted by atomic mass is 32.1. The smallest absolute Gasteiger partial charge is 0.270 e. The number of carbonyl (C=O) groups is 3. The Morgan fingerprint density at radius 3 is 2.16 bits per heavy atom. The second kappa shape index (κ2) is 12.0. The van der Waals surface area contributed by atoms with E-state index in [1.54, 1.807) is 55.6 Å². The van der Waals surface area contributed by atoms with E-state index in [1.807, 2.05) is 27.7 Å². The lowest BCUT2D eigenvalue weighted by atomic mass is 10.00. The van der Waals surface area contributed by atoms with Crippen LogP contribution in [-0.2, 0) is 11.3 Å². The molecule has 3 aromatic rings. The van der Waals surface area contributed by atoms with Gasteiger partial charge in [-0.2, -0.15) is 4.37 Å². The molecule has 2 aromatic carbocycles. The molecule has 0 unspecified atom stereocenters. The van der Waals surface area contributed by atoms with E-state index in [0.29, 0.717) is 23.7 Å². The summed E-state index contributed by atoms with van der Waals surface area (Å²) < 4.78 is 14.8. The van der Waals surface area contributed by atoms with Crippen molar-refractivity contribution in [1.29, 1.82) is 0 Å². The van der Waals surface area contributed by atoms with Gasteiger partial charge in [0.1, 0.15) is 22.4 Å². The Bertz CT molecular complexity index is 1280. The highest BCUT2D eigenvalue weighted by Crippen LogP contribution is 2.31. The van der Waals surface area contributed by atoms with Crippen molar-refractivity contribution in [3.8, 4) is 11.5 Å². The van der Waals surface area contributed by atoms with Crippen LogP contribution < -0.4 is 26.3 Å². The predicted octanol–water partition coefficient (Wildman–Crippen LogP) is 3.53. The quantitative estimate of drug-likeness (QED) is 0.357. The van der Waals surface area contributed by atoms with Crippen molar-refractivity contribution >= 4 is 34.9 Å². The number of carbonyl (C=O) groups excluding carboxylic acids is 3. The Balaban J connectivity index is 2.15. The van der Waals surface area contributed by atoms with E-state index >= 15 is 0 Å². The van der Waals surface area contributed by atoms with Crippen LogP contribution in [0.25, 0.3) is 0 Å². The molecule has 0 saturated carbocycles. The first-order valence-electron chi connectivity index (χ1n) is 12.0. The second-order valence-electron chi connectivity index (χ2n) is 9.56. The van der Waals surface area contributed by atoms with Gasteiger partial charge in [0.25, 0.3) is 11.8 Å². The van der Waals surface area contributed by atoms with Crippen LogP contribution in [0.2, 0.25) is 0 Å². The van der Waals surface area contributed by atoms with Crippen LogP contribution in [0, 0.1) is 0 Å². The summed E-state index contributed by atoms with van der Waals surface area (Å²) in [6.45, 7) is 7.99. The van der Waals surface area contributed by atoms with E-state index in [2.05, 4.69) is 9.69 Å². The van der Waals surface area contributed by atoms with Gasteiger partial charge in [-0.25, -0.2) is 0 Å². The predicted molar refractivity (Wildman–Crippen MR) is 146 cm³/mol. The molecule has 3 rings (SSSR count). The number of primary amides is 1. The number of nitrogens with zero attached hydrogens (tertiary/aromatic N) is 2. The maximum absolute atomic E-state index is 14.0. The summed E-state index contributed by atoms with van der Waals surface area (Å²) in [5.41, 5.74) is 11.9. The van der Waals surface area contributed by atoms with E-state index in [1.165, 1.54) is 4.90 Å². The standard InChI is InChI=1S/C27H33N5O5S/c1-6-37-19-13-9-17(10-14-19)22(25(34)30-27(2,3)4)32(15-16-7-11-18(36-5)12-8-16)26(35)23-20(28)21(24(29)33)31-38-23/h7-14,22H,6,15,28H2,1-5H3,(H2,29,33)(H,30,34)/t22-/m0/s1. The molecule has 0 fully saturated rings. The maximum Gasteiger partial charge on any atom is 0.270 e. The van der Waals surface area contributed by atoms with Gasteiger partial charge in [0, 0.05) is 12.1 Å². The highest BCUT2D eigenvalue weighted by Gasteiger charge is 2.36. The summed E-state index contributed by atoms with van der Waals surface area (Å²) in [7, 11) is 1.56. The second-order valence-corrected chi connectivity index (χ2v) is 10.3. The largest absolute Gasteiger partial charge is 0.497 e. The van der Waals surface area contributed by atoms with Crippen molar-refractivity contribution in [3.63, 3.8) is 0 Å². The molecule has 0 aliphatic rings. The Hall–Kier alpha value is -4.12. The molecule has 0 bridgehead atoms. The molecule has 0 aliphatic heterocycles.